The molecule has 3 nitrogen and oxygen atoms in total. The standard InChI is InChI=1S/C11H19F3N2O/c12-11(13,14)6-2-4-7-15-9-5-1-3-8-16-10(9)17/h9,15H,1-8H2,(H,16,17). The van der Waals surface area contributed by atoms with E-state index >= 15 is 0 Å². The van der Waals surface area contributed by atoms with Crippen LogP contribution >= 0.6 is 0 Å². The lowest BCUT2D eigenvalue weighted by atomic mass is 10.1. The summed E-state index contributed by atoms with van der Waals surface area (Å²) in [6.07, 6.45) is -1.54. The Kier molecular flexibility index (Phi) is 5.74. The van der Waals surface area contributed by atoms with Crippen LogP contribution in [0.25, 0.3) is 0 Å². The second-order valence-electron chi connectivity index (χ2n) is 4.37. The van der Waals surface area contributed by atoms with E-state index in [1.807, 2.05) is 0 Å². The van der Waals surface area contributed by atoms with Gasteiger partial charge in [-0.15, -0.1) is 0 Å². The molecule has 1 aliphatic heterocycles. The molecule has 6 heteroatoms. The van der Waals surface area contributed by atoms with Crippen molar-refractivity contribution in [3.8, 4) is 0 Å². The Morgan fingerprint density at radius 2 is 2.06 bits per heavy atom. The molecule has 0 spiro atoms. The molecule has 1 fully saturated rings. The molecular formula is C11H19F3N2O. The number of amides is 1. The number of carbonyl (C=O) groups excluding carboxylic acids is 1. The van der Waals surface area contributed by atoms with Crippen LogP contribution in [0.2, 0.25) is 0 Å². The molecule has 0 aromatic heterocycles. The van der Waals surface area contributed by atoms with Gasteiger partial charge in [-0.25, -0.2) is 0 Å². The fourth-order valence-electron chi connectivity index (χ4n) is 1.86. The predicted molar refractivity (Wildman–Crippen MR) is 58.6 cm³/mol. The second kappa shape index (κ2) is 6.83. The average Bonchev–Trinajstić information content (AvgIpc) is 2.42. The summed E-state index contributed by atoms with van der Waals surface area (Å²) in [4.78, 5) is 11.5. The molecule has 17 heavy (non-hydrogen) atoms. The van der Waals surface area contributed by atoms with E-state index in [4.69, 9.17) is 0 Å². The van der Waals surface area contributed by atoms with Crippen LogP contribution in [0.4, 0.5) is 13.2 Å². The number of halogens is 3. The normalized spacial score (nSPS) is 22.1. The molecule has 0 bridgehead atoms. The zero-order valence-corrected chi connectivity index (χ0v) is 9.78. The highest BCUT2D eigenvalue weighted by Gasteiger charge is 2.26. The highest BCUT2D eigenvalue weighted by Crippen LogP contribution is 2.21. The van der Waals surface area contributed by atoms with Gasteiger partial charge in [-0.3, -0.25) is 4.79 Å². The molecule has 100 valence electrons. The molecule has 0 aromatic carbocycles. The van der Waals surface area contributed by atoms with Crippen molar-refractivity contribution < 1.29 is 18.0 Å². The van der Waals surface area contributed by atoms with Gasteiger partial charge >= 0.3 is 6.18 Å². The number of rotatable bonds is 5. The summed E-state index contributed by atoms with van der Waals surface area (Å²) < 4.78 is 35.6. The van der Waals surface area contributed by atoms with E-state index in [1.165, 1.54) is 0 Å². The molecule has 1 unspecified atom stereocenters. The molecule has 1 aliphatic rings. The van der Waals surface area contributed by atoms with Crippen molar-refractivity contribution in [2.24, 2.45) is 0 Å². The summed E-state index contributed by atoms with van der Waals surface area (Å²) in [5.74, 6) is -0.0293. The van der Waals surface area contributed by atoms with E-state index in [0.29, 0.717) is 19.5 Å². The first-order chi connectivity index (χ1) is 7.99. The molecule has 0 radical (unpaired) electrons. The van der Waals surface area contributed by atoms with Gasteiger partial charge in [0.15, 0.2) is 0 Å². The fourth-order valence-corrected chi connectivity index (χ4v) is 1.86. The van der Waals surface area contributed by atoms with Crippen LogP contribution in [0.1, 0.15) is 38.5 Å². The molecule has 1 saturated heterocycles. The van der Waals surface area contributed by atoms with E-state index in [9.17, 15) is 18.0 Å². The summed E-state index contributed by atoms with van der Waals surface area (Å²) in [5.41, 5.74) is 0. The number of unbranched alkanes of at least 4 members (excludes halogenated alkanes) is 1. The number of alkyl halides is 3. The summed E-state index contributed by atoms with van der Waals surface area (Å²) in [6.45, 7) is 1.17. The van der Waals surface area contributed by atoms with E-state index in [2.05, 4.69) is 10.6 Å². The Bertz CT molecular complexity index is 243. The predicted octanol–water partition coefficient (Wildman–Crippen LogP) is 1.98. The van der Waals surface area contributed by atoms with Crippen LogP contribution in [-0.2, 0) is 4.79 Å². The summed E-state index contributed by atoms with van der Waals surface area (Å²) in [7, 11) is 0. The third-order valence-electron chi connectivity index (χ3n) is 2.81. The first-order valence-electron chi connectivity index (χ1n) is 6.07. The Balaban J connectivity index is 2.10. The van der Waals surface area contributed by atoms with Gasteiger partial charge in [0.1, 0.15) is 0 Å². The van der Waals surface area contributed by atoms with Crippen molar-refractivity contribution in [2.75, 3.05) is 13.1 Å². The topological polar surface area (TPSA) is 41.1 Å². The maximum Gasteiger partial charge on any atom is 0.389 e. The SMILES string of the molecule is O=C1NCCCCC1NCCCCC(F)(F)F. The number of carbonyl (C=O) groups is 1. The quantitative estimate of drug-likeness (QED) is 0.735. The van der Waals surface area contributed by atoms with Gasteiger partial charge in [-0.2, -0.15) is 13.2 Å². The summed E-state index contributed by atoms with van der Waals surface area (Å²) in [6, 6.07) is -0.233. The largest absolute Gasteiger partial charge is 0.389 e. The molecule has 1 atom stereocenters. The molecule has 1 heterocycles. The van der Waals surface area contributed by atoms with Crippen molar-refractivity contribution in [1.29, 1.82) is 0 Å². The lowest BCUT2D eigenvalue weighted by Gasteiger charge is -2.15. The molecule has 1 amide bonds. The van der Waals surface area contributed by atoms with Gasteiger partial charge in [0.05, 0.1) is 6.04 Å². The van der Waals surface area contributed by atoms with E-state index in [-0.39, 0.29) is 18.4 Å². The Morgan fingerprint density at radius 1 is 1.29 bits per heavy atom. The van der Waals surface area contributed by atoms with E-state index < -0.39 is 12.6 Å². The third-order valence-corrected chi connectivity index (χ3v) is 2.81. The number of hydrogen-bond acceptors (Lipinski definition) is 2. The van der Waals surface area contributed by atoms with Crippen molar-refractivity contribution in [3.05, 3.63) is 0 Å². The Morgan fingerprint density at radius 3 is 2.76 bits per heavy atom. The minimum atomic E-state index is -4.07. The lowest BCUT2D eigenvalue weighted by Crippen LogP contribution is -2.43. The van der Waals surface area contributed by atoms with Gasteiger partial charge in [-0.05, 0) is 38.6 Å². The molecule has 0 saturated carbocycles. The third kappa shape index (κ3) is 6.51. The minimum Gasteiger partial charge on any atom is -0.355 e. The first kappa shape index (κ1) is 14.3. The van der Waals surface area contributed by atoms with Crippen LogP contribution < -0.4 is 10.6 Å². The Labute approximate surface area is 99.1 Å². The molecule has 0 aromatic rings. The fraction of sp³-hybridized carbons (Fsp3) is 0.909. The van der Waals surface area contributed by atoms with Crippen molar-refractivity contribution in [1.82, 2.24) is 10.6 Å². The Hall–Kier alpha value is -0.780. The van der Waals surface area contributed by atoms with E-state index in [0.717, 1.165) is 19.3 Å². The highest BCUT2D eigenvalue weighted by atomic mass is 19.4. The monoisotopic (exact) mass is 252 g/mol. The van der Waals surface area contributed by atoms with Crippen LogP contribution in [0.15, 0.2) is 0 Å². The van der Waals surface area contributed by atoms with Crippen LogP contribution in [-0.4, -0.2) is 31.2 Å². The molecule has 0 aliphatic carbocycles. The van der Waals surface area contributed by atoms with Crippen LogP contribution in [0, 0.1) is 0 Å². The molecule has 2 N–H and O–H groups in total. The van der Waals surface area contributed by atoms with Gasteiger partial charge in [0, 0.05) is 13.0 Å². The van der Waals surface area contributed by atoms with Crippen LogP contribution in [0.3, 0.4) is 0 Å². The van der Waals surface area contributed by atoms with Crippen molar-refractivity contribution in [3.63, 3.8) is 0 Å². The van der Waals surface area contributed by atoms with Crippen LogP contribution in [0.5, 0.6) is 0 Å². The highest BCUT2D eigenvalue weighted by molar-refractivity contribution is 5.81. The molecule has 1 rings (SSSR count). The summed E-state index contributed by atoms with van der Waals surface area (Å²) >= 11 is 0. The van der Waals surface area contributed by atoms with E-state index in [1.54, 1.807) is 0 Å². The van der Waals surface area contributed by atoms with Gasteiger partial charge in [0.25, 0.3) is 0 Å². The zero-order chi connectivity index (χ0) is 12.7. The zero-order valence-electron chi connectivity index (χ0n) is 9.78. The lowest BCUT2D eigenvalue weighted by molar-refractivity contribution is -0.135. The van der Waals surface area contributed by atoms with Crippen molar-refractivity contribution >= 4 is 5.91 Å². The summed E-state index contributed by atoms with van der Waals surface area (Å²) in [5, 5.41) is 5.80. The van der Waals surface area contributed by atoms with Crippen molar-refractivity contribution in [2.45, 2.75) is 50.7 Å². The smallest absolute Gasteiger partial charge is 0.355 e. The number of nitrogens with one attached hydrogen (secondary N) is 2. The van der Waals surface area contributed by atoms with Gasteiger partial charge in [-0.1, -0.05) is 0 Å². The van der Waals surface area contributed by atoms with Gasteiger partial charge in [0.2, 0.25) is 5.91 Å². The minimum absolute atomic E-state index is 0.0293. The maximum atomic E-state index is 11.9. The van der Waals surface area contributed by atoms with Gasteiger partial charge < -0.3 is 10.6 Å². The number of hydrogen-bond donors (Lipinski definition) is 2. The molecular weight excluding hydrogens is 233 g/mol. The average molecular weight is 252 g/mol. The maximum absolute atomic E-state index is 11.9. The second-order valence-corrected chi connectivity index (χ2v) is 4.37. The first-order valence-corrected chi connectivity index (χ1v) is 6.07.